The molecule has 2 amide bonds. The number of nitrogens with zero attached hydrogens (tertiary/aromatic N) is 1. The Labute approximate surface area is 198 Å². The molecule has 2 saturated heterocycles. The molecule has 0 bridgehead atoms. The molecule has 4 heteroatoms. The van der Waals surface area contributed by atoms with Gasteiger partial charge in [0.1, 0.15) is 0 Å². The summed E-state index contributed by atoms with van der Waals surface area (Å²) in [6.45, 7) is 16.8. The largest absolute Gasteiger partial charge is 0.371 e. The molecule has 0 radical (unpaired) electrons. The van der Waals surface area contributed by atoms with Crippen molar-refractivity contribution in [3.05, 3.63) is 83.6 Å². The number of benzene rings is 2. The first-order chi connectivity index (χ1) is 15.8. The topological polar surface area (TPSA) is 44.4 Å². The Morgan fingerprint density at radius 2 is 1.88 bits per heavy atom. The fourth-order valence-electron chi connectivity index (χ4n) is 5.76. The van der Waals surface area contributed by atoms with Gasteiger partial charge < -0.3 is 15.5 Å². The van der Waals surface area contributed by atoms with E-state index in [0.29, 0.717) is 5.92 Å². The minimum absolute atomic E-state index is 0.112. The van der Waals surface area contributed by atoms with Gasteiger partial charge in [0.25, 0.3) is 0 Å². The lowest BCUT2D eigenvalue weighted by Crippen LogP contribution is -2.52. The molecule has 4 rings (SSSR count). The maximum Gasteiger partial charge on any atom is 0.319 e. The number of hydrogen-bond donors (Lipinski definition) is 2. The van der Waals surface area contributed by atoms with Crippen molar-refractivity contribution in [2.45, 2.75) is 58.4 Å². The lowest BCUT2D eigenvalue weighted by atomic mass is 9.73. The molecule has 2 aliphatic rings. The first-order valence-corrected chi connectivity index (χ1v) is 12.1. The van der Waals surface area contributed by atoms with Crippen molar-refractivity contribution in [1.82, 2.24) is 10.6 Å². The smallest absolute Gasteiger partial charge is 0.319 e. The molecule has 2 aliphatic heterocycles. The van der Waals surface area contributed by atoms with Crippen LogP contribution in [0.25, 0.3) is 5.57 Å². The van der Waals surface area contributed by atoms with E-state index in [-0.39, 0.29) is 11.6 Å². The molecule has 0 spiro atoms. The molecule has 2 heterocycles. The van der Waals surface area contributed by atoms with Crippen LogP contribution in [0.15, 0.2) is 61.3 Å². The first-order valence-electron chi connectivity index (χ1n) is 12.1. The number of amides is 2. The van der Waals surface area contributed by atoms with Gasteiger partial charge in [0.2, 0.25) is 0 Å². The second-order valence-corrected chi connectivity index (χ2v) is 9.87. The molecule has 0 saturated carbocycles. The van der Waals surface area contributed by atoms with Gasteiger partial charge in [0.05, 0.1) is 5.54 Å². The minimum atomic E-state index is -0.373. The lowest BCUT2D eigenvalue weighted by Gasteiger charge is -2.43. The van der Waals surface area contributed by atoms with E-state index in [2.05, 4.69) is 91.9 Å². The van der Waals surface area contributed by atoms with Crippen molar-refractivity contribution >= 4 is 17.3 Å². The zero-order valence-corrected chi connectivity index (χ0v) is 20.3. The predicted octanol–water partition coefficient (Wildman–Crippen LogP) is 6.14. The summed E-state index contributed by atoms with van der Waals surface area (Å²) in [6.07, 6.45) is 4.93. The summed E-state index contributed by atoms with van der Waals surface area (Å²) in [5.74, 6) is 0.377. The number of carbonyl (C=O) groups is 1. The van der Waals surface area contributed by atoms with Crippen LogP contribution >= 0.6 is 0 Å². The molecule has 0 aliphatic carbocycles. The van der Waals surface area contributed by atoms with E-state index in [9.17, 15) is 4.79 Å². The summed E-state index contributed by atoms with van der Waals surface area (Å²) in [7, 11) is 0. The van der Waals surface area contributed by atoms with Crippen molar-refractivity contribution in [2.75, 3.05) is 18.0 Å². The van der Waals surface area contributed by atoms with Crippen molar-refractivity contribution in [3.63, 3.8) is 0 Å². The predicted molar refractivity (Wildman–Crippen MR) is 138 cm³/mol. The molecule has 2 N–H and O–H groups in total. The Balaban J connectivity index is 1.48. The zero-order chi connectivity index (χ0) is 23.6. The second-order valence-electron chi connectivity index (χ2n) is 9.87. The van der Waals surface area contributed by atoms with Crippen molar-refractivity contribution in [3.8, 4) is 0 Å². The summed E-state index contributed by atoms with van der Waals surface area (Å²) in [5, 5.41) is 6.27. The number of rotatable bonds is 7. The summed E-state index contributed by atoms with van der Waals surface area (Å²) in [6, 6.07) is 15.1. The maximum atomic E-state index is 12.4. The number of piperidine rings is 1. The van der Waals surface area contributed by atoms with E-state index in [1.807, 2.05) is 0 Å². The van der Waals surface area contributed by atoms with E-state index >= 15 is 0 Å². The van der Waals surface area contributed by atoms with Gasteiger partial charge in [-0.3, -0.25) is 0 Å². The molecular formula is C29H37N3O. The fraction of sp³-hybridized carbons (Fsp3) is 0.414. The molecule has 4 nitrogen and oxygen atoms in total. The van der Waals surface area contributed by atoms with Crippen molar-refractivity contribution in [2.24, 2.45) is 5.92 Å². The van der Waals surface area contributed by atoms with Crippen molar-refractivity contribution in [1.29, 1.82) is 0 Å². The summed E-state index contributed by atoms with van der Waals surface area (Å²) >= 11 is 0. The SMILES string of the molecule is C=C(C)c1ccc(C)cc1CCCC1(C2CCN(c3ccccc3C)CC2)NC(=O)NC1=C. The van der Waals surface area contributed by atoms with Crippen LogP contribution in [-0.2, 0) is 6.42 Å². The van der Waals surface area contributed by atoms with Crippen LogP contribution in [0.4, 0.5) is 10.5 Å². The maximum absolute atomic E-state index is 12.4. The molecular weight excluding hydrogens is 406 g/mol. The highest BCUT2D eigenvalue weighted by molar-refractivity contribution is 5.81. The molecule has 1 atom stereocenters. The van der Waals surface area contributed by atoms with Crippen LogP contribution in [0.5, 0.6) is 0 Å². The number of hydrogen-bond acceptors (Lipinski definition) is 2. The molecule has 33 heavy (non-hydrogen) atoms. The van der Waals surface area contributed by atoms with Gasteiger partial charge in [-0.05, 0) is 81.5 Å². The zero-order valence-electron chi connectivity index (χ0n) is 20.3. The summed E-state index contributed by atoms with van der Waals surface area (Å²) in [5.41, 5.74) is 8.07. The van der Waals surface area contributed by atoms with E-state index in [0.717, 1.165) is 56.5 Å². The average molecular weight is 444 g/mol. The van der Waals surface area contributed by atoms with E-state index in [1.165, 1.54) is 27.9 Å². The third-order valence-corrected chi connectivity index (χ3v) is 7.53. The van der Waals surface area contributed by atoms with Gasteiger partial charge in [-0.1, -0.05) is 60.7 Å². The molecule has 2 fully saturated rings. The standard InChI is InChI=1S/C29H37N3O/c1-20(2)26-13-12-21(3)19-24(26)10-8-16-29(23(5)30-28(33)31-29)25-14-17-32(18-15-25)27-11-7-6-9-22(27)4/h6-7,9,11-13,19,25H,1,5,8,10,14-18H2,2-4H3,(H2,30,31,33). The molecule has 0 aromatic heterocycles. The highest BCUT2D eigenvalue weighted by Gasteiger charge is 2.47. The highest BCUT2D eigenvalue weighted by atomic mass is 16.2. The Kier molecular flexibility index (Phi) is 6.64. The van der Waals surface area contributed by atoms with Gasteiger partial charge in [-0.25, -0.2) is 4.79 Å². The van der Waals surface area contributed by atoms with Crippen LogP contribution in [-0.4, -0.2) is 24.7 Å². The average Bonchev–Trinajstić information content (AvgIpc) is 3.08. The van der Waals surface area contributed by atoms with Crippen LogP contribution in [0, 0.1) is 19.8 Å². The lowest BCUT2D eigenvalue weighted by molar-refractivity contribution is 0.209. The Morgan fingerprint density at radius 3 is 2.52 bits per heavy atom. The number of aryl methyl sites for hydroxylation is 3. The highest BCUT2D eigenvalue weighted by Crippen LogP contribution is 2.40. The van der Waals surface area contributed by atoms with Gasteiger partial charge >= 0.3 is 6.03 Å². The van der Waals surface area contributed by atoms with Gasteiger partial charge in [0, 0.05) is 24.5 Å². The normalized spacial score (nSPS) is 21.1. The van der Waals surface area contributed by atoms with Crippen LogP contribution < -0.4 is 15.5 Å². The number of anilines is 1. The Bertz CT molecular complexity index is 1060. The second kappa shape index (κ2) is 9.46. The Morgan fingerprint density at radius 1 is 1.15 bits per heavy atom. The number of urea groups is 1. The Hall–Kier alpha value is -3.01. The van der Waals surface area contributed by atoms with Crippen molar-refractivity contribution < 1.29 is 4.79 Å². The van der Waals surface area contributed by atoms with Crippen LogP contribution in [0.3, 0.4) is 0 Å². The van der Waals surface area contributed by atoms with E-state index < -0.39 is 0 Å². The van der Waals surface area contributed by atoms with E-state index in [4.69, 9.17) is 0 Å². The molecule has 174 valence electrons. The summed E-state index contributed by atoms with van der Waals surface area (Å²) in [4.78, 5) is 14.8. The monoisotopic (exact) mass is 443 g/mol. The van der Waals surface area contributed by atoms with Crippen LogP contribution in [0.1, 0.15) is 54.9 Å². The first kappa shape index (κ1) is 23.2. The quantitative estimate of drug-likeness (QED) is 0.540. The molecule has 2 aromatic rings. The van der Waals surface area contributed by atoms with E-state index in [1.54, 1.807) is 0 Å². The molecule has 1 unspecified atom stereocenters. The number of carbonyl (C=O) groups excluding carboxylic acids is 1. The van der Waals surface area contributed by atoms with Gasteiger partial charge in [0.15, 0.2) is 0 Å². The summed E-state index contributed by atoms with van der Waals surface area (Å²) < 4.78 is 0. The van der Waals surface area contributed by atoms with Gasteiger partial charge in [-0.15, -0.1) is 0 Å². The minimum Gasteiger partial charge on any atom is -0.371 e. The number of nitrogens with one attached hydrogen (secondary N) is 2. The third kappa shape index (κ3) is 4.71. The van der Waals surface area contributed by atoms with Crippen LogP contribution in [0.2, 0.25) is 0 Å². The third-order valence-electron chi connectivity index (χ3n) is 7.53. The molecule has 2 aromatic carbocycles. The number of para-hydroxylation sites is 1. The number of allylic oxidation sites excluding steroid dienone is 1. The fourth-order valence-corrected chi connectivity index (χ4v) is 5.76. The van der Waals surface area contributed by atoms with Gasteiger partial charge in [-0.2, -0.15) is 0 Å².